The third-order valence-corrected chi connectivity index (χ3v) is 1.27. The van der Waals surface area contributed by atoms with Crippen molar-refractivity contribution in [2.24, 2.45) is 0 Å². The Kier molecular flexibility index (Phi) is 5.19. The Morgan fingerprint density at radius 1 is 1.33 bits per heavy atom. The van der Waals surface area contributed by atoms with E-state index in [1.54, 1.807) is 7.05 Å². The van der Waals surface area contributed by atoms with Crippen LogP contribution in [0.5, 0.6) is 0 Å². The molecule has 0 saturated carbocycles. The molecule has 0 radical (unpaired) electrons. The molecule has 0 amide bonds. The van der Waals surface area contributed by atoms with E-state index in [9.17, 15) is 13.2 Å². The fraction of sp³-hybridized carbons (Fsp3) is 1.00. The highest BCUT2D eigenvalue weighted by molar-refractivity contribution is 4.67. The highest BCUT2D eigenvalue weighted by Crippen LogP contribution is 2.18. The molecule has 3 N–H and O–H groups in total. The molecule has 0 aliphatic heterocycles. The quantitative estimate of drug-likeness (QED) is 0.517. The topological polar surface area (TPSA) is 44.3 Å². The van der Waals surface area contributed by atoms with E-state index in [4.69, 9.17) is 5.11 Å². The van der Waals surface area contributed by atoms with Crippen LogP contribution in [0.3, 0.4) is 0 Å². The number of aliphatic hydroxyl groups is 1. The van der Waals surface area contributed by atoms with Gasteiger partial charge in [0.25, 0.3) is 0 Å². The maximum absolute atomic E-state index is 11.7. The zero-order chi connectivity index (χ0) is 9.61. The Morgan fingerprint density at radius 2 is 1.92 bits per heavy atom. The Labute approximate surface area is 69.0 Å². The van der Waals surface area contributed by atoms with E-state index in [0.29, 0.717) is 13.1 Å². The van der Waals surface area contributed by atoms with Crippen molar-refractivity contribution in [1.82, 2.24) is 10.6 Å². The zero-order valence-corrected chi connectivity index (χ0v) is 6.78. The summed E-state index contributed by atoms with van der Waals surface area (Å²) in [5, 5.41) is 13.7. The first-order valence-electron chi connectivity index (χ1n) is 3.58. The summed E-state index contributed by atoms with van der Waals surface area (Å²) in [5.74, 6) is 0. The molecule has 0 rings (SSSR count). The van der Waals surface area contributed by atoms with E-state index in [-0.39, 0.29) is 0 Å². The summed E-state index contributed by atoms with van der Waals surface area (Å²) in [6.07, 6.45) is -6.79. The smallest absolute Gasteiger partial charge is 0.382 e. The Balaban J connectivity index is 3.38. The van der Waals surface area contributed by atoms with Crippen LogP contribution in [0.15, 0.2) is 0 Å². The number of rotatable bonds is 5. The maximum atomic E-state index is 11.7. The molecule has 0 aliphatic rings. The van der Waals surface area contributed by atoms with E-state index in [2.05, 4.69) is 10.6 Å². The first-order chi connectivity index (χ1) is 5.48. The van der Waals surface area contributed by atoms with E-state index in [0.717, 1.165) is 0 Å². The number of hydrogen-bond donors (Lipinski definition) is 3. The van der Waals surface area contributed by atoms with Crippen LogP contribution in [-0.2, 0) is 0 Å². The third-order valence-electron chi connectivity index (χ3n) is 1.27. The van der Waals surface area contributed by atoms with Gasteiger partial charge in [-0.1, -0.05) is 0 Å². The normalized spacial score (nSPS) is 14.8. The van der Waals surface area contributed by atoms with Crippen LogP contribution < -0.4 is 10.6 Å². The van der Waals surface area contributed by atoms with Crippen LogP contribution in [0.2, 0.25) is 0 Å². The van der Waals surface area contributed by atoms with Gasteiger partial charge in [-0.25, -0.2) is 0 Å². The summed E-state index contributed by atoms with van der Waals surface area (Å²) in [5.41, 5.74) is 0. The molecule has 0 spiro atoms. The van der Waals surface area contributed by atoms with Gasteiger partial charge in [0.05, 0.1) is 0 Å². The molecular weight excluding hydrogens is 173 g/mol. The summed E-state index contributed by atoms with van der Waals surface area (Å²) in [6, 6.07) is 0. The van der Waals surface area contributed by atoms with Crippen LogP contribution >= 0.6 is 0 Å². The number of alkyl halides is 3. The van der Waals surface area contributed by atoms with Gasteiger partial charge < -0.3 is 15.7 Å². The van der Waals surface area contributed by atoms with Crippen molar-refractivity contribution in [2.75, 3.05) is 26.7 Å². The zero-order valence-electron chi connectivity index (χ0n) is 6.78. The van der Waals surface area contributed by atoms with Crippen molar-refractivity contribution in [3.05, 3.63) is 0 Å². The molecule has 0 aromatic carbocycles. The lowest BCUT2D eigenvalue weighted by Gasteiger charge is -2.14. The molecule has 0 saturated heterocycles. The second-order valence-corrected chi connectivity index (χ2v) is 2.37. The number of hydrogen-bond acceptors (Lipinski definition) is 3. The fourth-order valence-electron chi connectivity index (χ4n) is 0.568. The summed E-state index contributed by atoms with van der Waals surface area (Å²) >= 11 is 0. The van der Waals surface area contributed by atoms with Gasteiger partial charge in [0, 0.05) is 19.6 Å². The summed E-state index contributed by atoms with van der Waals surface area (Å²) in [6.45, 7) is 0.527. The van der Waals surface area contributed by atoms with E-state index in [1.807, 2.05) is 0 Å². The lowest BCUT2D eigenvalue weighted by molar-refractivity contribution is -0.201. The molecule has 1 atom stereocenters. The summed E-state index contributed by atoms with van der Waals surface area (Å²) < 4.78 is 35.0. The SMILES string of the molecule is CNCCNCC(O)C(F)(F)F. The molecule has 0 heterocycles. The monoisotopic (exact) mass is 186 g/mol. The Morgan fingerprint density at radius 3 is 2.33 bits per heavy atom. The van der Waals surface area contributed by atoms with Gasteiger partial charge in [0.15, 0.2) is 6.10 Å². The number of aliphatic hydroxyl groups excluding tert-OH is 1. The third kappa shape index (κ3) is 5.34. The van der Waals surface area contributed by atoms with Crippen LogP contribution in [0, 0.1) is 0 Å². The van der Waals surface area contributed by atoms with Gasteiger partial charge in [-0.2, -0.15) is 13.2 Å². The second-order valence-electron chi connectivity index (χ2n) is 2.37. The van der Waals surface area contributed by atoms with E-state index < -0.39 is 18.8 Å². The molecular formula is C6H13F3N2O. The van der Waals surface area contributed by atoms with Crippen molar-refractivity contribution < 1.29 is 18.3 Å². The van der Waals surface area contributed by atoms with Gasteiger partial charge in [0.2, 0.25) is 0 Å². The second kappa shape index (κ2) is 5.34. The van der Waals surface area contributed by atoms with Crippen molar-refractivity contribution >= 4 is 0 Å². The largest absolute Gasteiger partial charge is 0.415 e. The summed E-state index contributed by atoms with van der Waals surface area (Å²) in [4.78, 5) is 0. The van der Waals surface area contributed by atoms with Gasteiger partial charge in [0.1, 0.15) is 0 Å². The maximum Gasteiger partial charge on any atom is 0.415 e. The predicted octanol–water partition coefficient (Wildman–Crippen LogP) is -0.281. The minimum atomic E-state index is -4.52. The van der Waals surface area contributed by atoms with Crippen molar-refractivity contribution in [3.63, 3.8) is 0 Å². The number of nitrogens with one attached hydrogen (secondary N) is 2. The Bertz CT molecular complexity index is 118. The minimum absolute atomic E-state index is 0.406. The number of likely N-dealkylation sites (N-methyl/N-ethyl adjacent to an activating group) is 1. The molecule has 6 heteroatoms. The van der Waals surface area contributed by atoms with Gasteiger partial charge in [-0.05, 0) is 7.05 Å². The highest BCUT2D eigenvalue weighted by atomic mass is 19.4. The first-order valence-corrected chi connectivity index (χ1v) is 3.58. The molecule has 1 unspecified atom stereocenters. The standard InChI is InChI=1S/C6H13F3N2O/c1-10-2-3-11-4-5(12)6(7,8)9/h5,10-12H,2-4H2,1H3. The van der Waals surface area contributed by atoms with Gasteiger partial charge in [-0.3, -0.25) is 0 Å². The van der Waals surface area contributed by atoms with E-state index in [1.165, 1.54) is 0 Å². The lowest BCUT2D eigenvalue weighted by atomic mass is 10.3. The lowest BCUT2D eigenvalue weighted by Crippen LogP contribution is -2.40. The molecule has 3 nitrogen and oxygen atoms in total. The average molecular weight is 186 g/mol. The van der Waals surface area contributed by atoms with Crippen LogP contribution in [0.1, 0.15) is 0 Å². The van der Waals surface area contributed by atoms with Crippen molar-refractivity contribution in [3.8, 4) is 0 Å². The average Bonchev–Trinajstić information content (AvgIpc) is 1.96. The predicted molar refractivity (Wildman–Crippen MR) is 38.9 cm³/mol. The molecule has 0 aliphatic carbocycles. The van der Waals surface area contributed by atoms with Crippen LogP contribution in [0.4, 0.5) is 13.2 Å². The van der Waals surface area contributed by atoms with E-state index >= 15 is 0 Å². The molecule has 12 heavy (non-hydrogen) atoms. The molecule has 0 bridgehead atoms. The highest BCUT2D eigenvalue weighted by Gasteiger charge is 2.37. The molecule has 0 fully saturated rings. The van der Waals surface area contributed by atoms with Crippen molar-refractivity contribution in [2.45, 2.75) is 12.3 Å². The molecule has 0 aromatic rings. The summed E-state index contributed by atoms with van der Waals surface area (Å²) in [7, 11) is 1.70. The van der Waals surface area contributed by atoms with Crippen molar-refractivity contribution in [1.29, 1.82) is 0 Å². The molecule has 74 valence electrons. The van der Waals surface area contributed by atoms with Crippen LogP contribution in [-0.4, -0.2) is 44.1 Å². The minimum Gasteiger partial charge on any atom is -0.382 e. The van der Waals surface area contributed by atoms with Crippen LogP contribution in [0.25, 0.3) is 0 Å². The number of halogens is 3. The van der Waals surface area contributed by atoms with Gasteiger partial charge in [-0.15, -0.1) is 0 Å². The van der Waals surface area contributed by atoms with Gasteiger partial charge >= 0.3 is 6.18 Å². The fourth-order valence-corrected chi connectivity index (χ4v) is 0.568. The molecule has 0 aromatic heterocycles. The Hall–Kier alpha value is -0.330. The first kappa shape index (κ1) is 11.7.